The first-order chi connectivity index (χ1) is 12.7. The largest absolute Gasteiger partial charge is 0.494 e. The molecule has 0 heterocycles. The molecule has 27 heavy (non-hydrogen) atoms. The summed E-state index contributed by atoms with van der Waals surface area (Å²) in [6, 6.07) is 8.20. The number of hydrogen-bond donors (Lipinski definition) is 3. The third kappa shape index (κ3) is 14.6. The van der Waals surface area contributed by atoms with Crippen LogP contribution in [0.4, 0.5) is 13.2 Å². The highest BCUT2D eigenvalue weighted by Crippen LogP contribution is 2.15. The Morgan fingerprint density at radius 2 is 1.81 bits per heavy atom. The highest BCUT2D eigenvalue weighted by atomic mass is 19.4. The zero-order valence-corrected chi connectivity index (χ0v) is 15.2. The number of rotatable bonds is 11. The summed E-state index contributed by atoms with van der Waals surface area (Å²) in [7, 11) is 0. The fourth-order valence-corrected chi connectivity index (χ4v) is 1.86. The molecule has 0 unspecified atom stereocenters. The van der Waals surface area contributed by atoms with Crippen molar-refractivity contribution in [1.82, 2.24) is 5.32 Å². The molecule has 0 aliphatic rings. The van der Waals surface area contributed by atoms with Gasteiger partial charge in [-0.2, -0.15) is 13.2 Å². The summed E-state index contributed by atoms with van der Waals surface area (Å²) >= 11 is 0. The molecule has 0 saturated heterocycles. The van der Waals surface area contributed by atoms with Gasteiger partial charge in [0.1, 0.15) is 5.75 Å². The molecule has 0 aliphatic heterocycles. The minimum Gasteiger partial charge on any atom is -0.494 e. The molecule has 0 spiro atoms. The monoisotopic (exact) mass is 393 g/mol. The van der Waals surface area contributed by atoms with Crippen LogP contribution < -0.4 is 10.1 Å². The molecule has 6 nitrogen and oxygen atoms in total. The van der Waals surface area contributed by atoms with E-state index in [9.17, 15) is 18.0 Å². The van der Waals surface area contributed by atoms with Gasteiger partial charge in [-0.1, -0.05) is 25.5 Å². The second-order valence-corrected chi connectivity index (χ2v) is 5.65. The van der Waals surface area contributed by atoms with Crippen molar-refractivity contribution >= 4 is 11.9 Å². The zero-order chi connectivity index (χ0) is 20.7. The fourth-order valence-electron chi connectivity index (χ4n) is 1.86. The predicted molar refractivity (Wildman–Crippen MR) is 94.0 cm³/mol. The van der Waals surface area contributed by atoms with E-state index in [1.54, 1.807) is 0 Å². The van der Waals surface area contributed by atoms with Crippen LogP contribution in [-0.2, 0) is 16.0 Å². The van der Waals surface area contributed by atoms with Crippen molar-refractivity contribution in [3.8, 4) is 5.75 Å². The molecule has 0 bridgehead atoms. The summed E-state index contributed by atoms with van der Waals surface area (Å²) in [6.45, 7) is 4.30. The van der Waals surface area contributed by atoms with Gasteiger partial charge in [-0.05, 0) is 43.5 Å². The minimum absolute atomic E-state index is 0.181. The molecular formula is C18H26F3NO5. The minimum atomic E-state index is -5.08. The lowest BCUT2D eigenvalue weighted by Crippen LogP contribution is -2.21. The van der Waals surface area contributed by atoms with Gasteiger partial charge in [-0.3, -0.25) is 4.79 Å². The van der Waals surface area contributed by atoms with Crippen LogP contribution in [0.5, 0.6) is 5.75 Å². The van der Waals surface area contributed by atoms with Gasteiger partial charge in [0.15, 0.2) is 0 Å². The van der Waals surface area contributed by atoms with E-state index in [4.69, 9.17) is 19.7 Å². The molecule has 154 valence electrons. The van der Waals surface area contributed by atoms with Gasteiger partial charge in [0.05, 0.1) is 13.0 Å². The molecular weight excluding hydrogens is 367 g/mol. The number of benzene rings is 1. The molecule has 0 radical (unpaired) electrons. The van der Waals surface area contributed by atoms with E-state index in [1.807, 2.05) is 12.1 Å². The van der Waals surface area contributed by atoms with Crippen molar-refractivity contribution in [2.45, 2.75) is 45.2 Å². The number of unbranched alkanes of at least 4 members (excludes halogenated alkanes) is 1. The zero-order valence-electron chi connectivity index (χ0n) is 15.2. The first-order valence-electron chi connectivity index (χ1n) is 8.61. The first kappa shape index (κ1) is 24.7. The molecule has 0 atom stereocenters. The van der Waals surface area contributed by atoms with Crippen LogP contribution >= 0.6 is 0 Å². The Kier molecular flexibility index (Phi) is 12.7. The highest BCUT2D eigenvalue weighted by Gasteiger charge is 2.38. The number of carbonyl (C=O) groups is 2. The Hall–Kier alpha value is -2.29. The van der Waals surface area contributed by atoms with Crippen molar-refractivity contribution in [1.29, 1.82) is 0 Å². The highest BCUT2D eigenvalue weighted by molar-refractivity contribution is 5.73. The lowest BCUT2D eigenvalue weighted by molar-refractivity contribution is -0.192. The maximum absolute atomic E-state index is 10.6. The number of halogens is 3. The number of ether oxygens (including phenoxy) is 1. The van der Waals surface area contributed by atoms with Gasteiger partial charge in [-0.25, -0.2) is 4.79 Å². The number of aryl methyl sites for hydroxylation is 1. The van der Waals surface area contributed by atoms with E-state index in [1.165, 1.54) is 5.56 Å². The van der Waals surface area contributed by atoms with Crippen LogP contribution in [0.1, 0.15) is 38.2 Å². The summed E-state index contributed by atoms with van der Waals surface area (Å²) in [4.78, 5) is 19.2. The smallest absolute Gasteiger partial charge is 0.490 e. The molecule has 0 amide bonds. The number of aliphatic carboxylic acids is 2. The number of carboxylic acid groups (broad SMARTS) is 2. The number of nitrogens with one attached hydrogen (secondary N) is 1. The molecule has 1 aromatic carbocycles. The van der Waals surface area contributed by atoms with Crippen LogP contribution in [0.15, 0.2) is 24.3 Å². The summed E-state index contributed by atoms with van der Waals surface area (Å²) in [5.74, 6) is -2.57. The second kappa shape index (κ2) is 13.9. The third-order valence-electron chi connectivity index (χ3n) is 3.24. The second-order valence-electron chi connectivity index (χ2n) is 5.65. The molecule has 1 aromatic rings. The Morgan fingerprint density at radius 3 is 2.37 bits per heavy atom. The Bertz CT molecular complexity index is 564. The van der Waals surface area contributed by atoms with Crippen LogP contribution in [-0.4, -0.2) is 48.0 Å². The Morgan fingerprint density at radius 1 is 1.15 bits per heavy atom. The van der Waals surface area contributed by atoms with E-state index >= 15 is 0 Å². The predicted octanol–water partition coefficient (Wildman–Crippen LogP) is 3.50. The fraction of sp³-hybridized carbons (Fsp3) is 0.556. The molecule has 0 saturated carbocycles. The van der Waals surface area contributed by atoms with E-state index < -0.39 is 18.1 Å². The average Bonchev–Trinajstić information content (AvgIpc) is 2.58. The summed E-state index contributed by atoms with van der Waals surface area (Å²) < 4.78 is 37.4. The molecule has 1 rings (SSSR count). The summed E-state index contributed by atoms with van der Waals surface area (Å²) in [6.07, 6.45) is -0.705. The quantitative estimate of drug-likeness (QED) is 0.498. The third-order valence-corrected chi connectivity index (χ3v) is 3.24. The van der Waals surface area contributed by atoms with Crippen molar-refractivity contribution in [2.75, 3.05) is 19.7 Å². The van der Waals surface area contributed by atoms with Gasteiger partial charge in [0.2, 0.25) is 0 Å². The molecule has 9 heteroatoms. The number of alkyl halides is 3. The van der Waals surface area contributed by atoms with E-state index in [0.717, 1.165) is 44.6 Å². The van der Waals surface area contributed by atoms with Crippen molar-refractivity contribution in [3.05, 3.63) is 29.8 Å². The first-order valence-corrected chi connectivity index (χ1v) is 8.61. The van der Waals surface area contributed by atoms with Gasteiger partial charge in [0, 0.05) is 6.54 Å². The Balaban J connectivity index is 0.000000821. The van der Waals surface area contributed by atoms with E-state index in [2.05, 4.69) is 24.4 Å². The molecule has 0 aliphatic carbocycles. The van der Waals surface area contributed by atoms with E-state index in [0.29, 0.717) is 6.54 Å². The molecule has 0 aromatic heterocycles. The number of hydrogen-bond acceptors (Lipinski definition) is 4. The van der Waals surface area contributed by atoms with Crippen molar-refractivity contribution in [2.24, 2.45) is 0 Å². The van der Waals surface area contributed by atoms with Crippen molar-refractivity contribution in [3.63, 3.8) is 0 Å². The summed E-state index contributed by atoms with van der Waals surface area (Å²) in [5, 5.41) is 18.8. The molecule has 3 N–H and O–H groups in total. The van der Waals surface area contributed by atoms with Gasteiger partial charge >= 0.3 is 18.1 Å². The van der Waals surface area contributed by atoms with E-state index in [-0.39, 0.29) is 6.42 Å². The van der Waals surface area contributed by atoms with Crippen molar-refractivity contribution < 1.29 is 37.7 Å². The SMILES string of the molecule is CCCCOc1cccc(CCCNCCC(=O)O)c1.O=C(O)C(F)(F)F. The lowest BCUT2D eigenvalue weighted by atomic mass is 10.1. The van der Waals surface area contributed by atoms with Crippen LogP contribution in [0.25, 0.3) is 0 Å². The lowest BCUT2D eigenvalue weighted by Gasteiger charge is -2.08. The standard InChI is InChI=1S/C16H25NO3.C2HF3O2/c1-2-3-12-20-15-8-4-6-14(13-15)7-5-10-17-11-9-16(18)19;3-2(4,5)1(6)7/h4,6,8,13,17H,2-3,5,7,9-12H2,1H3,(H,18,19);(H,6,7). The van der Waals surface area contributed by atoms with Gasteiger partial charge < -0.3 is 20.3 Å². The normalized spacial score (nSPS) is 10.7. The Labute approximate surface area is 156 Å². The molecule has 0 fully saturated rings. The van der Waals surface area contributed by atoms with Gasteiger partial charge in [0.25, 0.3) is 0 Å². The van der Waals surface area contributed by atoms with Crippen LogP contribution in [0, 0.1) is 0 Å². The maximum Gasteiger partial charge on any atom is 0.490 e. The average molecular weight is 393 g/mol. The van der Waals surface area contributed by atoms with Crippen LogP contribution in [0.3, 0.4) is 0 Å². The van der Waals surface area contributed by atoms with Crippen LogP contribution in [0.2, 0.25) is 0 Å². The summed E-state index contributed by atoms with van der Waals surface area (Å²) in [5.41, 5.74) is 1.26. The van der Waals surface area contributed by atoms with Gasteiger partial charge in [-0.15, -0.1) is 0 Å². The maximum atomic E-state index is 10.6. The number of carboxylic acids is 2. The topological polar surface area (TPSA) is 95.9 Å².